The molecule has 8 nitrogen and oxygen atoms in total. The molecule has 8 heteroatoms. The first-order valence-corrected chi connectivity index (χ1v) is 11.1. The molecule has 0 aliphatic carbocycles. The summed E-state index contributed by atoms with van der Waals surface area (Å²) in [6.45, 7) is 5.74. The Balaban J connectivity index is 1.87. The van der Waals surface area contributed by atoms with Gasteiger partial charge in [0.1, 0.15) is 0 Å². The maximum atomic E-state index is 14.2. The van der Waals surface area contributed by atoms with E-state index < -0.39 is 35.2 Å². The number of benzene rings is 2. The topological polar surface area (TPSA) is 95.8 Å². The van der Waals surface area contributed by atoms with Gasteiger partial charge in [-0.25, -0.2) is 4.79 Å². The van der Waals surface area contributed by atoms with E-state index in [1.54, 1.807) is 6.92 Å². The standard InChI is InChI=1S/C26H26N4O4/c1-14-6-10-17(11-7-14)20-19-16(3)28-34-22(19)27-21(18-12-8-15(2)9-13-18)26(20)23(31)29(4)25(33)30(5)24(26)32/h6-13,20-21,27H,1-5H3. The SMILES string of the molecule is Cc1ccc(C2Nc3onc(C)c3C(c3ccc(C)cc3)C23C(=O)N(C)C(=O)N(C)C3=O)cc1. The van der Waals surface area contributed by atoms with Crippen LogP contribution in [0.25, 0.3) is 0 Å². The molecule has 34 heavy (non-hydrogen) atoms. The number of aryl methyl sites for hydroxylation is 3. The van der Waals surface area contributed by atoms with E-state index in [1.807, 2.05) is 62.4 Å². The molecule has 1 N–H and O–H groups in total. The van der Waals surface area contributed by atoms with Crippen molar-refractivity contribution in [2.45, 2.75) is 32.7 Å². The van der Waals surface area contributed by atoms with Crippen LogP contribution in [0.15, 0.2) is 53.1 Å². The summed E-state index contributed by atoms with van der Waals surface area (Å²) in [7, 11) is 2.84. The lowest BCUT2D eigenvalue weighted by Crippen LogP contribution is -2.68. The maximum absolute atomic E-state index is 14.2. The fourth-order valence-corrected chi connectivity index (χ4v) is 5.29. The number of rotatable bonds is 2. The van der Waals surface area contributed by atoms with Crippen LogP contribution < -0.4 is 5.32 Å². The second kappa shape index (κ2) is 7.55. The van der Waals surface area contributed by atoms with Gasteiger partial charge in [0.15, 0.2) is 5.41 Å². The molecule has 3 aromatic rings. The highest BCUT2D eigenvalue weighted by molar-refractivity contribution is 6.20. The zero-order valence-corrected chi connectivity index (χ0v) is 19.7. The molecule has 3 heterocycles. The predicted molar refractivity (Wildman–Crippen MR) is 125 cm³/mol. The number of barbiturate groups is 1. The van der Waals surface area contributed by atoms with Gasteiger partial charge in [-0.2, -0.15) is 0 Å². The average molecular weight is 459 g/mol. The van der Waals surface area contributed by atoms with Crippen molar-refractivity contribution in [3.63, 3.8) is 0 Å². The largest absolute Gasteiger partial charge is 0.345 e. The lowest BCUT2D eigenvalue weighted by atomic mass is 9.59. The van der Waals surface area contributed by atoms with Crippen molar-refractivity contribution in [3.05, 3.63) is 82.0 Å². The highest BCUT2D eigenvalue weighted by atomic mass is 16.5. The molecule has 1 saturated heterocycles. The third-order valence-corrected chi connectivity index (χ3v) is 7.10. The van der Waals surface area contributed by atoms with Crippen molar-refractivity contribution in [1.82, 2.24) is 15.0 Å². The molecule has 2 atom stereocenters. The second-order valence-corrected chi connectivity index (χ2v) is 9.22. The van der Waals surface area contributed by atoms with Gasteiger partial charge in [0.25, 0.3) is 0 Å². The summed E-state index contributed by atoms with van der Waals surface area (Å²) in [4.78, 5) is 43.2. The maximum Gasteiger partial charge on any atom is 0.332 e. The van der Waals surface area contributed by atoms with E-state index in [4.69, 9.17) is 4.52 Å². The minimum absolute atomic E-state index is 0.419. The van der Waals surface area contributed by atoms with Crippen molar-refractivity contribution in [3.8, 4) is 0 Å². The molecule has 1 fully saturated rings. The molecule has 0 radical (unpaired) electrons. The molecule has 2 aliphatic heterocycles. The van der Waals surface area contributed by atoms with Gasteiger partial charge in [0.05, 0.1) is 11.7 Å². The number of anilines is 1. The van der Waals surface area contributed by atoms with Crippen LogP contribution in [-0.2, 0) is 9.59 Å². The summed E-state index contributed by atoms with van der Waals surface area (Å²) < 4.78 is 5.64. The van der Waals surface area contributed by atoms with Crippen LogP contribution in [0.3, 0.4) is 0 Å². The third kappa shape index (κ3) is 2.84. The second-order valence-electron chi connectivity index (χ2n) is 9.22. The molecule has 174 valence electrons. The van der Waals surface area contributed by atoms with E-state index in [9.17, 15) is 14.4 Å². The summed E-state index contributed by atoms with van der Waals surface area (Å²) in [5, 5.41) is 7.47. The first-order chi connectivity index (χ1) is 16.2. The molecule has 0 saturated carbocycles. The minimum atomic E-state index is -1.68. The predicted octanol–water partition coefficient (Wildman–Crippen LogP) is 3.94. The number of carbonyl (C=O) groups is 3. The van der Waals surface area contributed by atoms with Crippen LogP contribution in [-0.4, -0.2) is 46.9 Å². The number of hydrogen-bond donors (Lipinski definition) is 1. The van der Waals surface area contributed by atoms with Gasteiger partial charge in [-0.3, -0.25) is 19.4 Å². The fraction of sp³-hybridized carbons (Fsp3) is 0.308. The number of nitrogens with one attached hydrogen (secondary N) is 1. The average Bonchev–Trinajstić information content (AvgIpc) is 3.21. The van der Waals surface area contributed by atoms with Gasteiger partial charge in [-0.1, -0.05) is 64.8 Å². The van der Waals surface area contributed by atoms with Crippen molar-refractivity contribution in [2.75, 3.05) is 19.4 Å². The molecule has 2 aromatic carbocycles. The quantitative estimate of drug-likeness (QED) is 0.585. The van der Waals surface area contributed by atoms with Crippen molar-refractivity contribution in [2.24, 2.45) is 5.41 Å². The van der Waals surface area contributed by atoms with Crippen molar-refractivity contribution in [1.29, 1.82) is 0 Å². The molecule has 1 spiro atoms. The summed E-state index contributed by atoms with van der Waals surface area (Å²) in [6.07, 6.45) is 0. The Hall–Kier alpha value is -3.94. The van der Waals surface area contributed by atoms with Crippen LogP contribution in [0.2, 0.25) is 0 Å². The van der Waals surface area contributed by atoms with Crippen LogP contribution in [0.5, 0.6) is 0 Å². The molecule has 2 unspecified atom stereocenters. The van der Waals surface area contributed by atoms with Gasteiger partial charge < -0.3 is 9.84 Å². The highest BCUT2D eigenvalue weighted by Gasteiger charge is 2.67. The Labute approximate surface area is 197 Å². The number of amides is 4. The number of nitrogens with zero attached hydrogens (tertiary/aromatic N) is 3. The van der Waals surface area contributed by atoms with Gasteiger partial charge in [0, 0.05) is 25.6 Å². The number of aromatic nitrogens is 1. The Morgan fingerprint density at radius 2 is 1.32 bits per heavy atom. The first-order valence-electron chi connectivity index (χ1n) is 11.1. The summed E-state index contributed by atoms with van der Waals surface area (Å²) >= 11 is 0. The number of imide groups is 2. The van der Waals surface area contributed by atoms with Gasteiger partial charge >= 0.3 is 6.03 Å². The minimum Gasteiger partial charge on any atom is -0.345 e. The van der Waals surface area contributed by atoms with Gasteiger partial charge in [-0.05, 0) is 31.9 Å². The molecule has 2 aliphatic rings. The normalized spacial score (nSPS) is 21.6. The van der Waals surface area contributed by atoms with E-state index in [2.05, 4.69) is 10.5 Å². The van der Waals surface area contributed by atoms with E-state index in [-0.39, 0.29) is 0 Å². The van der Waals surface area contributed by atoms with E-state index in [0.29, 0.717) is 17.1 Å². The lowest BCUT2D eigenvalue weighted by Gasteiger charge is -2.51. The molecular weight excluding hydrogens is 432 g/mol. The Kier molecular flexibility index (Phi) is 4.86. The number of fused-ring (bicyclic) bond motifs is 1. The molecule has 5 rings (SSSR count). The molecular formula is C26H26N4O4. The fourth-order valence-electron chi connectivity index (χ4n) is 5.29. The summed E-state index contributed by atoms with van der Waals surface area (Å²) in [5.74, 6) is -1.42. The molecule has 1 aromatic heterocycles. The van der Waals surface area contributed by atoms with Crippen LogP contribution in [0.1, 0.15) is 45.5 Å². The Morgan fingerprint density at radius 1 is 0.824 bits per heavy atom. The molecule has 4 amide bonds. The van der Waals surface area contributed by atoms with E-state index >= 15 is 0 Å². The van der Waals surface area contributed by atoms with Crippen LogP contribution in [0, 0.1) is 26.2 Å². The summed E-state index contributed by atoms with van der Waals surface area (Å²) in [6, 6.07) is 14.0. The number of hydrogen-bond acceptors (Lipinski definition) is 6. The Morgan fingerprint density at radius 3 is 1.85 bits per heavy atom. The van der Waals surface area contributed by atoms with Gasteiger partial charge in [0.2, 0.25) is 17.7 Å². The monoisotopic (exact) mass is 458 g/mol. The first kappa shape index (κ1) is 21.9. The lowest BCUT2D eigenvalue weighted by molar-refractivity contribution is -0.160. The van der Waals surface area contributed by atoms with Crippen molar-refractivity contribution >= 4 is 23.7 Å². The zero-order chi connectivity index (χ0) is 24.4. The summed E-state index contributed by atoms with van der Waals surface area (Å²) in [5.41, 5.74) is 3.16. The third-order valence-electron chi connectivity index (χ3n) is 7.10. The van der Waals surface area contributed by atoms with Crippen LogP contribution >= 0.6 is 0 Å². The number of carbonyl (C=O) groups excluding carboxylic acids is 3. The molecule has 0 bridgehead atoms. The van der Waals surface area contributed by atoms with Gasteiger partial charge in [-0.15, -0.1) is 0 Å². The van der Waals surface area contributed by atoms with Crippen molar-refractivity contribution < 1.29 is 18.9 Å². The van der Waals surface area contributed by atoms with Crippen LogP contribution in [0.4, 0.5) is 10.7 Å². The zero-order valence-electron chi connectivity index (χ0n) is 19.7. The highest BCUT2D eigenvalue weighted by Crippen LogP contribution is 2.59. The Bertz CT molecular complexity index is 1290. The van der Waals surface area contributed by atoms with E-state index in [1.165, 1.54) is 14.1 Å². The number of urea groups is 1. The van der Waals surface area contributed by atoms with E-state index in [0.717, 1.165) is 32.1 Å². The smallest absolute Gasteiger partial charge is 0.332 e.